The minimum Gasteiger partial charge on any atom is -0.318 e. The molecule has 1 aromatic heterocycles. The molecule has 35 heavy (non-hydrogen) atoms. The number of rotatable bonds is 9. The molecule has 0 radical (unpaired) electrons. The van der Waals surface area contributed by atoms with Gasteiger partial charge in [-0.15, -0.1) is 11.3 Å². The van der Waals surface area contributed by atoms with Crippen LogP contribution in [0.3, 0.4) is 0 Å². The number of hydrogen-bond donors (Lipinski definition) is 2. The summed E-state index contributed by atoms with van der Waals surface area (Å²) >= 11 is 1.54. The third-order valence-electron chi connectivity index (χ3n) is 5.76. The van der Waals surface area contributed by atoms with Gasteiger partial charge >= 0.3 is 6.03 Å². The Balaban J connectivity index is 1.70. The number of imide groups is 1. The molecule has 12 heteroatoms. The number of carbonyl (C=O) groups excluding carboxylic acids is 3. The largest absolute Gasteiger partial charge is 0.327 e. The van der Waals surface area contributed by atoms with E-state index in [2.05, 4.69) is 0 Å². The minimum absolute atomic E-state index is 0.106. The number of hydrogen-bond acceptors (Lipinski definition) is 7. The highest BCUT2D eigenvalue weighted by atomic mass is 32.2. The first-order valence-electron chi connectivity index (χ1n) is 10.7. The molecule has 1 saturated heterocycles. The van der Waals surface area contributed by atoms with Crippen LogP contribution in [0.15, 0.2) is 60.0 Å². The lowest BCUT2D eigenvalue weighted by atomic mass is 10.1. The third kappa shape index (κ3) is 5.20. The fraction of sp³-hybridized carbons (Fsp3) is 0.261. The highest BCUT2D eigenvalue weighted by Gasteiger charge is 2.39. The van der Waals surface area contributed by atoms with E-state index in [0.717, 1.165) is 19.3 Å². The second-order valence-corrected chi connectivity index (χ2v) is 11.0. The van der Waals surface area contributed by atoms with Crippen LogP contribution in [0.5, 0.6) is 0 Å². The summed E-state index contributed by atoms with van der Waals surface area (Å²) in [6.07, 6.45) is 0. The van der Waals surface area contributed by atoms with E-state index in [-0.39, 0.29) is 19.6 Å². The van der Waals surface area contributed by atoms with Crippen LogP contribution in [0, 0.1) is 0 Å². The quantitative estimate of drug-likeness (QED) is 0.255. The zero-order valence-corrected chi connectivity index (χ0v) is 20.5. The Bertz CT molecular complexity index is 1360. The Labute approximate surface area is 206 Å². The van der Waals surface area contributed by atoms with Gasteiger partial charge in [-0.2, -0.15) is 4.31 Å². The van der Waals surface area contributed by atoms with E-state index in [1.54, 1.807) is 47.9 Å². The van der Waals surface area contributed by atoms with Gasteiger partial charge in [0.05, 0.1) is 5.75 Å². The SMILES string of the molecule is CN1CC(=O)N(CCN(C(C(=O)NO)c2ccccc2)S(=O)(=O)Cc2ccc3sccc3c2)C1=O. The van der Waals surface area contributed by atoms with Crippen molar-refractivity contribution in [3.05, 3.63) is 71.1 Å². The van der Waals surface area contributed by atoms with Gasteiger partial charge in [-0.25, -0.2) is 18.7 Å². The number of likely N-dealkylation sites (N-methyl/N-ethyl adjacent to an activating group) is 1. The van der Waals surface area contributed by atoms with Crippen LogP contribution in [-0.4, -0.2) is 72.3 Å². The van der Waals surface area contributed by atoms with Crippen LogP contribution in [0.1, 0.15) is 17.2 Å². The third-order valence-corrected chi connectivity index (χ3v) is 8.46. The molecule has 2 heterocycles. The molecule has 4 rings (SSSR count). The first-order chi connectivity index (χ1) is 16.7. The second kappa shape index (κ2) is 10.1. The molecule has 0 aliphatic carbocycles. The van der Waals surface area contributed by atoms with Gasteiger partial charge in [0.2, 0.25) is 15.9 Å². The zero-order chi connectivity index (χ0) is 25.2. The van der Waals surface area contributed by atoms with E-state index in [4.69, 9.17) is 0 Å². The van der Waals surface area contributed by atoms with Crippen molar-refractivity contribution in [2.24, 2.45) is 0 Å². The van der Waals surface area contributed by atoms with Crippen LogP contribution in [-0.2, 0) is 25.4 Å². The minimum atomic E-state index is -4.17. The van der Waals surface area contributed by atoms with Gasteiger partial charge in [0.15, 0.2) is 0 Å². The molecular weight excluding hydrogens is 492 g/mol. The maximum Gasteiger partial charge on any atom is 0.327 e. The maximum absolute atomic E-state index is 13.7. The molecule has 3 aromatic rings. The number of fused-ring (bicyclic) bond motifs is 1. The van der Waals surface area contributed by atoms with Gasteiger partial charge in [-0.05, 0) is 40.1 Å². The smallest absolute Gasteiger partial charge is 0.318 e. The van der Waals surface area contributed by atoms with Gasteiger partial charge in [0.25, 0.3) is 5.91 Å². The number of carbonyl (C=O) groups is 3. The van der Waals surface area contributed by atoms with Gasteiger partial charge in [-0.3, -0.25) is 19.7 Å². The number of urea groups is 1. The molecule has 0 saturated carbocycles. The molecule has 0 bridgehead atoms. The Hall–Kier alpha value is -3.32. The average molecular weight is 517 g/mol. The van der Waals surface area contributed by atoms with E-state index in [9.17, 15) is 28.0 Å². The van der Waals surface area contributed by atoms with Gasteiger partial charge in [-0.1, -0.05) is 36.4 Å². The van der Waals surface area contributed by atoms with E-state index in [1.165, 1.54) is 23.3 Å². The molecule has 1 atom stereocenters. The standard InChI is InChI=1S/C23H24N4O6S2/c1-25-14-20(28)26(23(25)30)10-11-27(21(22(29)24-31)17-5-3-2-4-6-17)35(32,33)15-16-7-8-19-18(13-16)9-12-34-19/h2-9,12-13,21,31H,10-11,14-15H2,1H3,(H,24,29). The fourth-order valence-electron chi connectivity index (χ4n) is 4.06. The summed E-state index contributed by atoms with van der Waals surface area (Å²) in [4.78, 5) is 39.5. The lowest BCUT2D eigenvalue weighted by Gasteiger charge is -2.31. The van der Waals surface area contributed by atoms with Gasteiger partial charge in [0.1, 0.15) is 12.6 Å². The molecule has 1 aliphatic rings. The topological polar surface area (TPSA) is 127 Å². The summed E-state index contributed by atoms with van der Waals surface area (Å²) in [5.74, 6) is -1.83. The summed E-state index contributed by atoms with van der Waals surface area (Å²) in [5.41, 5.74) is 2.40. The van der Waals surface area contributed by atoms with Crippen LogP contribution in [0.2, 0.25) is 0 Å². The van der Waals surface area contributed by atoms with Crippen molar-refractivity contribution < 1.29 is 28.0 Å². The van der Waals surface area contributed by atoms with E-state index in [1.807, 2.05) is 17.5 Å². The average Bonchev–Trinajstić information content (AvgIpc) is 3.39. The molecule has 2 aromatic carbocycles. The van der Waals surface area contributed by atoms with Gasteiger partial charge < -0.3 is 4.90 Å². The molecule has 184 valence electrons. The number of nitrogens with one attached hydrogen (secondary N) is 1. The second-order valence-electron chi connectivity index (χ2n) is 8.13. The predicted octanol–water partition coefficient (Wildman–Crippen LogP) is 2.17. The number of thiophene rings is 1. The van der Waals surface area contributed by atoms with Gasteiger partial charge in [0, 0.05) is 24.8 Å². The van der Waals surface area contributed by atoms with Crippen LogP contribution in [0.25, 0.3) is 10.1 Å². The molecular formula is C23H24N4O6S2. The van der Waals surface area contributed by atoms with Crippen LogP contribution in [0.4, 0.5) is 4.79 Å². The van der Waals surface area contributed by atoms with Crippen molar-refractivity contribution in [1.29, 1.82) is 0 Å². The van der Waals surface area contributed by atoms with Crippen molar-refractivity contribution in [3.8, 4) is 0 Å². The lowest BCUT2D eigenvalue weighted by Crippen LogP contribution is -2.47. The Morgan fingerprint density at radius 1 is 1.17 bits per heavy atom. The normalized spacial score (nSPS) is 15.3. The molecule has 2 N–H and O–H groups in total. The highest BCUT2D eigenvalue weighted by Crippen LogP contribution is 2.28. The van der Waals surface area contributed by atoms with E-state index in [0.29, 0.717) is 11.1 Å². The summed E-state index contributed by atoms with van der Waals surface area (Å²) in [5, 5.41) is 12.2. The first kappa shape index (κ1) is 24.8. The van der Waals surface area contributed by atoms with Crippen LogP contribution >= 0.6 is 11.3 Å². The molecule has 10 nitrogen and oxygen atoms in total. The summed E-state index contributed by atoms with van der Waals surface area (Å²) < 4.78 is 29.4. The van der Waals surface area contributed by atoms with Crippen molar-refractivity contribution in [1.82, 2.24) is 19.6 Å². The molecule has 4 amide bonds. The van der Waals surface area contributed by atoms with E-state index >= 15 is 0 Å². The molecule has 1 aliphatic heterocycles. The predicted molar refractivity (Wildman–Crippen MR) is 130 cm³/mol. The maximum atomic E-state index is 13.7. The van der Waals surface area contributed by atoms with Crippen molar-refractivity contribution in [2.45, 2.75) is 11.8 Å². The summed E-state index contributed by atoms with van der Waals surface area (Å²) in [6.45, 7) is -0.681. The van der Waals surface area contributed by atoms with Crippen molar-refractivity contribution in [2.75, 3.05) is 26.7 Å². The van der Waals surface area contributed by atoms with Crippen LogP contribution < -0.4 is 5.48 Å². The molecule has 1 unspecified atom stereocenters. The Morgan fingerprint density at radius 2 is 1.91 bits per heavy atom. The zero-order valence-electron chi connectivity index (χ0n) is 18.8. The monoisotopic (exact) mass is 516 g/mol. The molecule has 1 fully saturated rings. The number of sulfonamides is 1. The highest BCUT2D eigenvalue weighted by molar-refractivity contribution is 7.88. The fourth-order valence-corrected chi connectivity index (χ4v) is 6.50. The number of amides is 4. The molecule has 0 spiro atoms. The Kier molecular flexibility index (Phi) is 7.17. The van der Waals surface area contributed by atoms with Crippen molar-refractivity contribution >= 4 is 49.3 Å². The summed E-state index contributed by atoms with van der Waals surface area (Å²) in [6, 6.07) is 13.4. The number of hydroxylamine groups is 1. The van der Waals surface area contributed by atoms with Crippen molar-refractivity contribution in [3.63, 3.8) is 0 Å². The summed E-state index contributed by atoms with van der Waals surface area (Å²) in [7, 11) is -2.69. The number of nitrogens with zero attached hydrogens (tertiary/aromatic N) is 3. The Morgan fingerprint density at radius 3 is 2.57 bits per heavy atom. The first-order valence-corrected chi connectivity index (χ1v) is 13.2. The van der Waals surface area contributed by atoms with E-state index < -0.39 is 39.7 Å². The number of benzene rings is 2. The lowest BCUT2D eigenvalue weighted by molar-refractivity contribution is -0.133.